The largest absolute Gasteiger partial charge is 0.309 e. The summed E-state index contributed by atoms with van der Waals surface area (Å²) in [4.78, 5) is 2.37. The topological polar surface area (TPSA) is 46.2 Å². The van der Waals surface area contributed by atoms with Gasteiger partial charge in [0.1, 0.15) is 9.84 Å². The lowest BCUT2D eigenvalue weighted by atomic mass is 10.2. The lowest BCUT2D eigenvalue weighted by Crippen LogP contribution is -2.27. The number of nitrogens with one attached hydrogen (secondary N) is 1. The molecule has 0 aliphatic carbocycles. The van der Waals surface area contributed by atoms with Gasteiger partial charge in [-0.05, 0) is 32.0 Å². The molecule has 1 N–H and O–H groups in total. The zero-order valence-electron chi connectivity index (χ0n) is 10.2. The van der Waals surface area contributed by atoms with Crippen LogP contribution in [0.2, 0.25) is 0 Å². The van der Waals surface area contributed by atoms with Gasteiger partial charge in [0.25, 0.3) is 0 Å². The lowest BCUT2D eigenvalue weighted by Gasteiger charge is -2.16. The fraction of sp³-hybridized carbons (Fsp3) is 0.636. The molecule has 0 aliphatic heterocycles. The Kier molecular flexibility index (Phi) is 4.52. The van der Waals surface area contributed by atoms with Crippen LogP contribution in [0, 0.1) is 13.8 Å². The van der Waals surface area contributed by atoms with Gasteiger partial charge in [-0.1, -0.05) is 6.92 Å². The zero-order chi connectivity index (χ0) is 12.3. The van der Waals surface area contributed by atoms with Gasteiger partial charge in [-0.3, -0.25) is 0 Å². The standard InChI is InChI=1S/C11H19NO2S2/c1-5-12-10(7-16(4,13)14)11-8(2)6-9(3)15-11/h6,10,12H,5,7H2,1-4H3. The van der Waals surface area contributed by atoms with Crippen LogP contribution in [-0.2, 0) is 9.84 Å². The molecule has 3 nitrogen and oxygen atoms in total. The maximum absolute atomic E-state index is 11.4. The molecule has 0 saturated carbocycles. The molecule has 1 atom stereocenters. The molecule has 1 aromatic rings. The quantitative estimate of drug-likeness (QED) is 0.882. The molecule has 1 aromatic heterocycles. The summed E-state index contributed by atoms with van der Waals surface area (Å²) >= 11 is 1.68. The minimum Gasteiger partial charge on any atom is -0.309 e. The molecule has 0 aliphatic rings. The summed E-state index contributed by atoms with van der Waals surface area (Å²) in [6.07, 6.45) is 1.28. The zero-order valence-corrected chi connectivity index (χ0v) is 11.8. The van der Waals surface area contributed by atoms with Crippen molar-refractivity contribution in [3.63, 3.8) is 0 Å². The summed E-state index contributed by atoms with van der Waals surface area (Å²) in [5.41, 5.74) is 1.18. The third-order valence-electron chi connectivity index (χ3n) is 2.32. The van der Waals surface area contributed by atoms with E-state index in [0.29, 0.717) is 0 Å². The maximum atomic E-state index is 11.4. The van der Waals surface area contributed by atoms with E-state index in [9.17, 15) is 8.42 Å². The first-order chi connectivity index (χ1) is 7.33. The molecule has 0 aromatic carbocycles. The third-order valence-corrected chi connectivity index (χ3v) is 4.52. The van der Waals surface area contributed by atoms with Crippen LogP contribution in [0.15, 0.2) is 6.07 Å². The van der Waals surface area contributed by atoms with E-state index < -0.39 is 9.84 Å². The Bertz CT molecular complexity index is 449. The molecule has 16 heavy (non-hydrogen) atoms. The van der Waals surface area contributed by atoms with Gasteiger partial charge in [0.15, 0.2) is 0 Å². The Morgan fingerprint density at radius 2 is 2.06 bits per heavy atom. The molecule has 0 spiro atoms. The van der Waals surface area contributed by atoms with Crippen molar-refractivity contribution < 1.29 is 8.42 Å². The minimum absolute atomic E-state index is 0.0706. The Balaban J connectivity index is 2.98. The van der Waals surface area contributed by atoms with E-state index in [1.54, 1.807) is 11.3 Å². The van der Waals surface area contributed by atoms with Crippen LogP contribution in [0.1, 0.15) is 28.3 Å². The molecular formula is C11H19NO2S2. The molecule has 0 radical (unpaired) electrons. The van der Waals surface area contributed by atoms with Crippen molar-refractivity contribution in [1.29, 1.82) is 0 Å². The van der Waals surface area contributed by atoms with Gasteiger partial charge in [-0.15, -0.1) is 11.3 Å². The molecule has 0 fully saturated rings. The first kappa shape index (κ1) is 13.7. The summed E-state index contributed by atoms with van der Waals surface area (Å²) in [7, 11) is -2.96. The first-order valence-electron chi connectivity index (χ1n) is 5.31. The normalized spacial score (nSPS) is 14.0. The van der Waals surface area contributed by atoms with Crippen LogP contribution in [-0.4, -0.2) is 27.0 Å². The molecule has 5 heteroatoms. The van der Waals surface area contributed by atoms with Crippen molar-refractivity contribution in [3.8, 4) is 0 Å². The number of rotatable bonds is 5. The van der Waals surface area contributed by atoms with E-state index in [2.05, 4.69) is 11.4 Å². The molecule has 0 saturated heterocycles. The highest BCUT2D eigenvalue weighted by molar-refractivity contribution is 7.90. The van der Waals surface area contributed by atoms with Crippen molar-refractivity contribution >= 4 is 21.2 Å². The smallest absolute Gasteiger partial charge is 0.149 e. The Morgan fingerprint density at radius 3 is 2.44 bits per heavy atom. The van der Waals surface area contributed by atoms with Gasteiger partial charge in [0.2, 0.25) is 0 Å². The van der Waals surface area contributed by atoms with Crippen molar-refractivity contribution in [3.05, 3.63) is 21.4 Å². The van der Waals surface area contributed by atoms with Crippen molar-refractivity contribution in [2.45, 2.75) is 26.8 Å². The van der Waals surface area contributed by atoms with E-state index in [1.165, 1.54) is 16.7 Å². The van der Waals surface area contributed by atoms with E-state index >= 15 is 0 Å². The van der Waals surface area contributed by atoms with Gasteiger partial charge >= 0.3 is 0 Å². The van der Waals surface area contributed by atoms with Gasteiger partial charge in [-0.25, -0.2) is 8.42 Å². The second-order valence-electron chi connectivity index (χ2n) is 4.11. The highest BCUT2D eigenvalue weighted by Crippen LogP contribution is 2.28. The number of thiophene rings is 1. The second-order valence-corrected chi connectivity index (χ2v) is 7.58. The molecule has 1 rings (SSSR count). The lowest BCUT2D eigenvalue weighted by molar-refractivity contribution is 0.566. The summed E-state index contributed by atoms with van der Waals surface area (Å²) in [6, 6.07) is 2.03. The summed E-state index contributed by atoms with van der Waals surface area (Å²) in [6.45, 7) is 6.84. The minimum atomic E-state index is -2.96. The molecule has 0 amide bonds. The Morgan fingerprint density at radius 1 is 1.44 bits per heavy atom. The van der Waals surface area contributed by atoms with E-state index in [-0.39, 0.29) is 11.8 Å². The highest BCUT2D eigenvalue weighted by Gasteiger charge is 2.19. The second kappa shape index (κ2) is 5.29. The predicted octanol–water partition coefficient (Wildman–Crippen LogP) is 2.06. The van der Waals surface area contributed by atoms with Crippen molar-refractivity contribution in [2.75, 3.05) is 18.6 Å². The fourth-order valence-corrected chi connectivity index (χ4v) is 3.89. The molecular weight excluding hydrogens is 242 g/mol. The van der Waals surface area contributed by atoms with Crippen molar-refractivity contribution in [2.24, 2.45) is 0 Å². The summed E-state index contributed by atoms with van der Waals surface area (Å²) in [5, 5.41) is 3.24. The molecule has 1 unspecified atom stereocenters. The van der Waals surface area contributed by atoms with E-state index in [0.717, 1.165) is 11.4 Å². The molecule has 0 bridgehead atoms. The van der Waals surface area contributed by atoms with Crippen LogP contribution < -0.4 is 5.32 Å². The van der Waals surface area contributed by atoms with Crippen LogP contribution in [0.3, 0.4) is 0 Å². The number of aryl methyl sites for hydroxylation is 2. The number of hydrogen-bond acceptors (Lipinski definition) is 4. The average molecular weight is 261 g/mol. The van der Waals surface area contributed by atoms with E-state index in [1.807, 2.05) is 20.8 Å². The van der Waals surface area contributed by atoms with Crippen LogP contribution in [0.4, 0.5) is 0 Å². The number of hydrogen-bond donors (Lipinski definition) is 1. The summed E-state index contributed by atoms with van der Waals surface area (Å²) in [5.74, 6) is 0.168. The highest BCUT2D eigenvalue weighted by atomic mass is 32.2. The first-order valence-corrected chi connectivity index (χ1v) is 8.19. The number of sulfone groups is 1. The van der Waals surface area contributed by atoms with E-state index in [4.69, 9.17) is 0 Å². The molecule has 92 valence electrons. The summed E-state index contributed by atoms with van der Waals surface area (Å²) < 4.78 is 22.7. The van der Waals surface area contributed by atoms with Gasteiger partial charge in [-0.2, -0.15) is 0 Å². The Hall–Kier alpha value is -0.390. The fourth-order valence-electron chi connectivity index (χ4n) is 1.78. The predicted molar refractivity (Wildman–Crippen MR) is 69.9 cm³/mol. The molecule has 1 heterocycles. The third kappa shape index (κ3) is 3.88. The van der Waals surface area contributed by atoms with Gasteiger partial charge < -0.3 is 5.32 Å². The van der Waals surface area contributed by atoms with Gasteiger partial charge in [0.05, 0.1) is 11.8 Å². The van der Waals surface area contributed by atoms with Crippen LogP contribution in [0.5, 0.6) is 0 Å². The average Bonchev–Trinajstić information content (AvgIpc) is 2.42. The van der Waals surface area contributed by atoms with Crippen LogP contribution in [0.25, 0.3) is 0 Å². The maximum Gasteiger partial charge on any atom is 0.149 e. The Labute approximate surface area is 102 Å². The SMILES string of the molecule is CCNC(CS(C)(=O)=O)c1sc(C)cc1C. The van der Waals surface area contributed by atoms with Crippen LogP contribution >= 0.6 is 11.3 Å². The van der Waals surface area contributed by atoms with Crippen molar-refractivity contribution in [1.82, 2.24) is 5.32 Å². The van der Waals surface area contributed by atoms with Gasteiger partial charge in [0, 0.05) is 16.0 Å². The monoisotopic (exact) mass is 261 g/mol.